The van der Waals surface area contributed by atoms with Crippen LogP contribution in [0.4, 0.5) is 0 Å². The molecule has 0 bridgehead atoms. The first-order chi connectivity index (χ1) is 8.58. The molecule has 0 aliphatic carbocycles. The number of hydrogen-bond donors (Lipinski definition) is 0. The average molecular weight is 331 g/mol. The van der Waals surface area contributed by atoms with Crippen molar-refractivity contribution in [2.24, 2.45) is 7.05 Å². The molecule has 0 N–H and O–H groups in total. The Morgan fingerprint density at radius 1 is 1.44 bits per heavy atom. The van der Waals surface area contributed by atoms with Gasteiger partial charge in [-0.3, -0.25) is 4.79 Å². The van der Waals surface area contributed by atoms with E-state index in [2.05, 4.69) is 26.2 Å². The normalized spacial score (nSPS) is 10.4. The largest absolute Gasteiger partial charge is 0.485 e. The lowest BCUT2D eigenvalue weighted by molar-refractivity contribution is 0.0911. The minimum Gasteiger partial charge on any atom is -0.485 e. The number of ether oxygens (including phenoxy) is 1. The van der Waals surface area contributed by atoms with E-state index in [1.807, 2.05) is 0 Å². The van der Waals surface area contributed by atoms with Crippen LogP contribution in [0.2, 0.25) is 5.02 Å². The summed E-state index contributed by atoms with van der Waals surface area (Å²) in [7, 11) is 1.65. The number of rotatable bonds is 4. The second-order valence-electron chi connectivity index (χ2n) is 3.52. The van der Waals surface area contributed by atoms with E-state index < -0.39 is 0 Å². The van der Waals surface area contributed by atoms with Crippen LogP contribution < -0.4 is 4.74 Å². The second kappa shape index (κ2) is 5.49. The van der Waals surface area contributed by atoms with Crippen molar-refractivity contribution in [3.63, 3.8) is 0 Å². The van der Waals surface area contributed by atoms with Crippen molar-refractivity contribution in [3.05, 3.63) is 39.6 Å². The number of hydrogen-bond acceptors (Lipinski definition) is 4. The fraction of sp³-hybridized carbons (Fsp3) is 0.182. The Kier molecular flexibility index (Phi) is 3.98. The summed E-state index contributed by atoms with van der Waals surface area (Å²) in [4.78, 5) is 11.9. The summed E-state index contributed by atoms with van der Waals surface area (Å²) >= 11 is 8.91. The Morgan fingerprint density at radius 2 is 2.11 bits per heavy atom. The van der Waals surface area contributed by atoms with Gasteiger partial charge in [-0.1, -0.05) is 16.8 Å². The van der Waals surface area contributed by atoms with Gasteiger partial charge in [0.1, 0.15) is 11.4 Å². The molecule has 0 amide bonds. The van der Waals surface area contributed by atoms with Crippen LogP contribution >= 0.6 is 27.5 Å². The van der Waals surface area contributed by atoms with Gasteiger partial charge in [-0.15, -0.1) is 5.10 Å². The third-order valence-electron chi connectivity index (χ3n) is 2.23. The zero-order valence-electron chi connectivity index (χ0n) is 9.43. The van der Waals surface area contributed by atoms with Gasteiger partial charge < -0.3 is 4.74 Å². The standard InChI is InChI=1S/C11H9BrClN3O2/c1-16-10(11(12)14-15-16)9(17)6-18-8-4-2-7(13)3-5-8/h2-5H,6H2,1H3. The maximum absolute atomic E-state index is 11.9. The van der Waals surface area contributed by atoms with Gasteiger partial charge in [0.2, 0.25) is 5.78 Å². The van der Waals surface area contributed by atoms with Crippen molar-refractivity contribution in [3.8, 4) is 5.75 Å². The van der Waals surface area contributed by atoms with E-state index >= 15 is 0 Å². The van der Waals surface area contributed by atoms with E-state index in [4.69, 9.17) is 16.3 Å². The van der Waals surface area contributed by atoms with E-state index in [1.165, 1.54) is 4.68 Å². The average Bonchev–Trinajstić information content (AvgIpc) is 2.68. The molecule has 94 valence electrons. The molecule has 0 saturated heterocycles. The number of halogens is 2. The van der Waals surface area contributed by atoms with E-state index in [-0.39, 0.29) is 12.4 Å². The molecule has 0 radical (unpaired) electrons. The molecule has 0 unspecified atom stereocenters. The van der Waals surface area contributed by atoms with Gasteiger partial charge in [0, 0.05) is 12.1 Å². The Bertz CT molecular complexity index is 549. The molecule has 18 heavy (non-hydrogen) atoms. The molecule has 5 nitrogen and oxygen atoms in total. The van der Waals surface area contributed by atoms with Crippen molar-refractivity contribution in [2.75, 3.05) is 6.61 Å². The first-order valence-corrected chi connectivity index (χ1v) is 6.22. The molecular weight excluding hydrogens is 321 g/mol. The highest BCUT2D eigenvalue weighted by Crippen LogP contribution is 2.17. The van der Waals surface area contributed by atoms with Crippen LogP contribution in [0.15, 0.2) is 28.9 Å². The molecule has 0 atom stereocenters. The molecule has 0 aliphatic heterocycles. The van der Waals surface area contributed by atoms with Gasteiger partial charge >= 0.3 is 0 Å². The third kappa shape index (κ3) is 2.88. The molecule has 0 aliphatic rings. The molecule has 0 saturated carbocycles. The Labute approximate surface area is 117 Å². The van der Waals surface area contributed by atoms with Gasteiger partial charge in [-0.25, -0.2) is 4.68 Å². The number of aryl methyl sites for hydroxylation is 1. The van der Waals surface area contributed by atoms with E-state index in [0.717, 1.165) is 0 Å². The van der Waals surface area contributed by atoms with Crippen molar-refractivity contribution in [1.29, 1.82) is 0 Å². The zero-order chi connectivity index (χ0) is 13.1. The van der Waals surface area contributed by atoms with Gasteiger partial charge in [0.05, 0.1) is 0 Å². The van der Waals surface area contributed by atoms with Crippen LogP contribution in [0.1, 0.15) is 10.5 Å². The fourth-order valence-electron chi connectivity index (χ4n) is 1.38. The topological polar surface area (TPSA) is 57.0 Å². The van der Waals surface area contributed by atoms with Crippen LogP contribution in [0.3, 0.4) is 0 Å². The van der Waals surface area contributed by atoms with Crippen molar-refractivity contribution < 1.29 is 9.53 Å². The zero-order valence-corrected chi connectivity index (χ0v) is 11.8. The van der Waals surface area contributed by atoms with Crippen LogP contribution in [0.5, 0.6) is 5.75 Å². The minimum atomic E-state index is -0.204. The van der Waals surface area contributed by atoms with Crippen LogP contribution in [-0.4, -0.2) is 27.4 Å². The summed E-state index contributed by atoms with van der Waals surface area (Å²) in [6.45, 7) is -0.0819. The third-order valence-corrected chi connectivity index (χ3v) is 3.02. The number of aromatic nitrogens is 3. The first-order valence-electron chi connectivity index (χ1n) is 5.04. The van der Waals surface area contributed by atoms with Gasteiger partial charge in [0.15, 0.2) is 11.2 Å². The maximum atomic E-state index is 11.9. The summed E-state index contributed by atoms with van der Waals surface area (Å²) in [6, 6.07) is 6.80. The smallest absolute Gasteiger partial charge is 0.220 e. The molecule has 1 aromatic carbocycles. The highest BCUT2D eigenvalue weighted by atomic mass is 79.9. The number of ketones is 1. The van der Waals surface area contributed by atoms with E-state index in [0.29, 0.717) is 21.1 Å². The summed E-state index contributed by atoms with van der Waals surface area (Å²) in [5.74, 6) is 0.378. The molecule has 0 fully saturated rings. The lowest BCUT2D eigenvalue weighted by atomic mass is 10.3. The molecular formula is C11H9BrClN3O2. The second-order valence-corrected chi connectivity index (χ2v) is 4.71. The predicted octanol–water partition coefficient (Wildman–Crippen LogP) is 2.49. The maximum Gasteiger partial charge on any atom is 0.220 e. The van der Waals surface area contributed by atoms with Gasteiger partial charge in [-0.2, -0.15) is 0 Å². The Morgan fingerprint density at radius 3 is 2.67 bits per heavy atom. The summed E-state index contributed by atoms with van der Waals surface area (Å²) in [5, 5.41) is 8.09. The Balaban J connectivity index is 2.03. The van der Waals surface area contributed by atoms with Gasteiger partial charge in [0.25, 0.3) is 0 Å². The van der Waals surface area contributed by atoms with Crippen molar-refractivity contribution >= 4 is 33.3 Å². The highest BCUT2D eigenvalue weighted by Gasteiger charge is 2.17. The number of carbonyl (C=O) groups excluding carboxylic acids is 1. The molecule has 2 aromatic rings. The lowest BCUT2D eigenvalue weighted by Crippen LogP contribution is -2.16. The summed E-state index contributed by atoms with van der Waals surface area (Å²) in [6.07, 6.45) is 0. The number of nitrogens with zero attached hydrogens (tertiary/aromatic N) is 3. The lowest BCUT2D eigenvalue weighted by Gasteiger charge is -2.05. The number of Topliss-reactive ketones (excluding diaryl/α,β-unsaturated/α-hetero) is 1. The fourth-order valence-corrected chi connectivity index (χ4v) is 2.05. The molecule has 1 aromatic heterocycles. The van der Waals surface area contributed by atoms with Crippen molar-refractivity contribution in [2.45, 2.75) is 0 Å². The van der Waals surface area contributed by atoms with Crippen LogP contribution in [0, 0.1) is 0 Å². The van der Waals surface area contributed by atoms with E-state index in [1.54, 1.807) is 31.3 Å². The Hall–Kier alpha value is -1.40. The van der Waals surface area contributed by atoms with Crippen LogP contribution in [-0.2, 0) is 7.05 Å². The summed E-state index contributed by atoms with van der Waals surface area (Å²) < 4.78 is 7.17. The molecule has 7 heteroatoms. The monoisotopic (exact) mass is 329 g/mol. The SMILES string of the molecule is Cn1nnc(Br)c1C(=O)COc1ccc(Cl)cc1. The number of benzene rings is 1. The minimum absolute atomic E-state index is 0.0819. The first kappa shape index (κ1) is 13.0. The predicted molar refractivity (Wildman–Crippen MR) is 70.0 cm³/mol. The quantitative estimate of drug-likeness (QED) is 0.808. The highest BCUT2D eigenvalue weighted by molar-refractivity contribution is 9.10. The number of carbonyl (C=O) groups is 1. The van der Waals surface area contributed by atoms with E-state index in [9.17, 15) is 4.79 Å². The molecule has 1 heterocycles. The molecule has 2 rings (SSSR count). The van der Waals surface area contributed by atoms with Crippen LogP contribution in [0.25, 0.3) is 0 Å². The molecule has 0 spiro atoms. The van der Waals surface area contributed by atoms with Crippen molar-refractivity contribution in [1.82, 2.24) is 15.0 Å². The van der Waals surface area contributed by atoms with Gasteiger partial charge in [-0.05, 0) is 40.2 Å². The summed E-state index contributed by atoms with van der Waals surface area (Å²) in [5.41, 5.74) is 0.379.